The molecule has 1 rings (SSSR count). The van der Waals surface area contributed by atoms with E-state index in [0.717, 1.165) is 19.3 Å². The van der Waals surface area contributed by atoms with Crippen molar-refractivity contribution in [1.82, 2.24) is 0 Å². The quantitative estimate of drug-likeness (QED) is 0.527. The Morgan fingerprint density at radius 2 is 2.25 bits per heavy atom. The van der Waals surface area contributed by atoms with Crippen molar-refractivity contribution < 1.29 is 4.79 Å². The van der Waals surface area contributed by atoms with Gasteiger partial charge in [0.05, 0.1) is 0 Å². The molecule has 45 valence electrons. The van der Waals surface area contributed by atoms with E-state index in [4.69, 9.17) is 5.73 Å². The van der Waals surface area contributed by atoms with Crippen molar-refractivity contribution in [3.8, 4) is 0 Å². The van der Waals surface area contributed by atoms with Crippen LogP contribution in [0.5, 0.6) is 0 Å². The van der Waals surface area contributed by atoms with Gasteiger partial charge in [-0.3, -0.25) is 4.79 Å². The maximum Gasteiger partial charge on any atom is 0.203 e. The second kappa shape index (κ2) is 2.27. The van der Waals surface area contributed by atoms with Gasteiger partial charge in [0.1, 0.15) is 0 Å². The second-order valence-electron chi connectivity index (χ2n) is 2.32. The monoisotopic (exact) mass is 112 g/mol. The van der Waals surface area contributed by atoms with Crippen LogP contribution in [0.25, 0.3) is 0 Å². The topological polar surface area (TPSA) is 43.1 Å². The molecule has 0 spiro atoms. The van der Waals surface area contributed by atoms with E-state index in [1.165, 1.54) is 0 Å². The number of hydrogen-bond acceptors (Lipinski definition) is 2. The molecule has 1 radical (unpaired) electrons. The molecule has 1 fully saturated rings. The summed E-state index contributed by atoms with van der Waals surface area (Å²) in [5, 5.41) is 0. The smallest absolute Gasteiger partial charge is 0.203 e. The SMILES string of the molecule is N[C@@H]1CCC[C@@H]1[C]=O. The fourth-order valence-corrected chi connectivity index (χ4v) is 1.14. The number of hydrogen-bond donors (Lipinski definition) is 1. The minimum absolute atomic E-state index is 0.0370. The minimum atomic E-state index is 0.0370. The molecule has 0 aliphatic heterocycles. The summed E-state index contributed by atoms with van der Waals surface area (Å²) >= 11 is 0. The van der Waals surface area contributed by atoms with Gasteiger partial charge < -0.3 is 5.73 Å². The first kappa shape index (κ1) is 5.76. The third kappa shape index (κ3) is 0.892. The predicted molar refractivity (Wildman–Crippen MR) is 31.0 cm³/mol. The zero-order valence-corrected chi connectivity index (χ0v) is 4.76. The van der Waals surface area contributed by atoms with E-state index >= 15 is 0 Å². The lowest BCUT2D eigenvalue weighted by Gasteiger charge is -2.03. The first-order chi connectivity index (χ1) is 3.84. The lowest BCUT2D eigenvalue weighted by molar-refractivity contribution is 0.504. The molecule has 1 aliphatic rings. The molecule has 2 nitrogen and oxygen atoms in total. The first-order valence-corrected chi connectivity index (χ1v) is 2.98. The summed E-state index contributed by atoms with van der Waals surface area (Å²) in [6.45, 7) is 0. The molecule has 2 atom stereocenters. The van der Waals surface area contributed by atoms with Gasteiger partial charge in [-0.25, -0.2) is 0 Å². The summed E-state index contributed by atoms with van der Waals surface area (Å²) in [5.41, 5.74) is 5.53. The Kier molecular flexibility index (Phi) is 1.63. The van der Waals surface area contributed by atoms with Crippen LogP contribution in [-0.4, -0.2) is 12.3 Å². The van der Waals surface area contributed by atoms with Crippen LogP contribution < -0.4 is 5.73 Å². The van der Waals surface area contributed by atoms with Crippen molar-refractivity contribution in [2.24, 2.45) is 11.7 Å². The Labute approximate surface area is 49.1 Å². The van der Waals surface area contributed by atoms with E-state index in [1.54, 1.807) is 0 Å². The van der Waals surface area contributed by atoms with Crippen LogP contribution in [0.15, 0.2) is 0 Å². The maximum atomic E-state index is 10.0. The van der Waals surface area contributed by atoms with E-state index in [9.17, 15) is 4.79 Å². The predicted octanol–water partition coefficient (Wildman–Crippen LogP) is 0.223. The molecule has 0 aromatic heterocycles. The Bertz CT molecular complexity index is 92.5. The van der Waals surface area contributed by atoms with E-state index in [-0.39, 0.29) is 12.0 Å². The van der Waals surface area contributed by atoms with Gasteiger partial charge in [-0.1, -0.05) is 6.42 Å². The third-order valence-electron chi connectivity index (χ3n) is 1.72. The van der Waals surface area contributed by atoms with Crippen LogP contribution in [-0.2, 0) is 4.79 Å². The van der Waals surface area contributed by atoms with Crippen molar-refractivity contribution >= 4 is 6.29 Å². The van der Waals surface area contributed by atoms with Gasteiger partial charge >= 0.3 is 0 Å². The minimum Gasteiger partial charge on any atom is -0.327 e. The highest BCUT2D eigenvalue weighted by Gasteiger charge is 2.23. The molecule has 0 saturated heterocycles. The molecule has 2 N–H and O–H groups in total. The fraction of sp³-hybridized carbons (Fsp3) is 0.833. The van der Waals surface area contributed by atoms with Crippen LogP contribution >= 0.6 is 0 Å². The van der Waals surface area contributed by atoms with Gasteiger partial charge in [-0.2, -0.15) is 0 Å². The fourth-order valence-electron chi connectivity index (χ4n) is 1.14. The molecule has 1 saturated carbocycles. The molecular weight excluding hydrogens is 102 g/mol. The Morgan fingerprint density at radius 3 is 2.50 bits per heavy atom. The van der Waals surface area contributed by atoms with E-state index in [2.05, 4.69) is 0 Å². The molecular formula is C6H10NO. The van der Waals surface area contributed by atoms with Crippen molar-refractivity contribution in [2.45, 2.75) is 25.3 Å². The standard InChI is InChI=1S/C6H10NO/c7-6-3-1-2-5(6)4-8/h5-6H,1-3,7H2/t5-,6-/m1/s1. The van der Waals surface area contributed by atoms with Crippen molar-refractivity contribution in [3.05, 3.63) is 0 Å². The highest BCUT2D eigenvalue weighted by atomic mass is 16.1. The van der Waals surface area contributed by atoms with Crippen LogP contribution in [0.4, 0.5) is 0 Å². The molecule has 0 heterocycles. The van der Waals surface area contributed by atoms with Crippen LogP contribution in [0.1, 0.15) is 19.3 Å². The largest absolute Gasteiger partial charge is 0.327 e. The van der Waals surface area contributed by atoms with Gasteiger partial charge in [0.25, 0.3) is 0 Å². The summed E-state index contributed by atoms with van der Waals surface area (Å²) in [6.07, 6.45) is 4.99. The molecule has 0 aromatic carbocycles. The number of nitrogens with two attached hydrogens (primary N) is 1. The molecule has 0 bridgehead atoms. The van der Waals surface area contributed by atoms with Gasteiger partial charge in [0.15, 0.2) is 0 Å². The van der Waals surface area contributed by atoms with E-state index < -0.39 is 0 Å². The lowest BCUT2D eigenvalue weighted by Crippen LogP contribution is -2.24. The molecule has 2 heteroatoms. The normalized spacial score (nSPS) is 37.6. The molecule has 8 heavy (non-hydrogen) atoms. The van der Waals surface area contributed by atoms with Gasteiger partial charge in [0, 0.05) is 12.0 Å². The summed E-state index contributed by atoms with van der Waals surface area (Å²) in [6, 6.07) is 0.104. The molecule has 1 aliphatic carbocycles. The number of carbonyl (C=O) groups excluding carboxylic acids is 1. The molecule has 0 unspecified atom stereocenters. The summed E-state index contributed by atoms with van der Waals surface area (Å²) < 4.78 is 0. The van der Waals surface area contributed by atoms with Gasteiger partial charge in [-0.05, 0) is 12.8 Å². The number of rotatable bonds is 1. The molecule has 0 amide bonds. The maximum absolute atomic E-state index is 10.0. The highest BCUT2D eigenvalue weighted by molar-refractivity contribution is 5.56. The summed E-state index contributed by atoms with van der Waals surface area (Å²) in [5.74, 6) is 0.0370. The highest BCUT2D eigenvalue weighted by Crippen LogP contribution is 2.21. The van der Waals surface area contributed by atoms with Crippen molar-refractivity contribution in [3.63, 3.8) is 0 Å². The Morgan fingerprint density at radius 1 is 1.50 bits per heavy atom. The van der Waals surface area contributed by atoms with Gasteiger partial charge in [0.2, 0.25) is 6.29 Å². The van der Waals surface area contributed by atoms with Gasteiger partial charge in [-0.15, -0.1) is 0 Å². The zero-order chi connectivity index (χ0) is 5.98. The third-order valence-corrected chi connectivity index (χ3v) is 1.72. The Hall–Kier alpha value is -0.370. The zero-order valence-electron chi connectivity index (χ0n) is 4.76. The lowest BCUT2D eigenvalue weighted by atomic mass is 10.1. The van der Waals surface area contributed by atoms with Crippen LogP contribution in [0, 0.1) is 5.92 Å². The van der Waals surface area contributed by atoms with E-state index in [0.29, 0.717) is 0 Å². The van der Waals surface area contributed by atoms with Crippen LogP contribution in [0.2, 0.25) is 0 Å². The first-order valence-electron chi connectivity index (χ1n) is 2.98. The average Bonchev–Trinajstić information content (AvgIpc) is 2.14. The average molecular weight is 112 g/mol. The second-order valence-corrected chi connectivity index (χ2v) is 2.32. The summed E-state index contributed by atoms with van der Waals surface area (Å²) in [4.78, 5) is 10.0. The van der Waals surface area contributed by atoms with Crippen molar-refractivity contribution in [1.29, 1.82) is 0 Å². The Balaban J connectivity index is 2.41. The van der Waals surface area contributed by atoms with Crippen molar-refractivity contribution in [2.75, 3.05) is 0 Å². The van der Waals surface area contributed by atoms with Crippen LogP contribution in [0.3, 0.4) is 0 Å². The molecule has 0 aromatic rings. The summed E-state index contributed by atoms with van der Waals surface area (Å²) in [7, 11) is 0. The van der Waals surface area contributed by atoms with E-state index in [1.807, 2.05) is 6.29 Å².